The van der Waals surface area contributed by atoms with Gasteiger partial charge in [0.25, 0.3) is 0 Å². The Bertz CT molecular complexity index is 860. The molecule has 1 atom stereocenters. The third-order valence-electron chi connectivity index (χ3n) is 4.12. The molecular formula is C18H18N4OS. The monoisotopic (exact) mass is 338 g/mol. The molecule has 0 bridgehead atoms. The molecule has 5 nitrogen and oxygen atoms in total. The number of hydrogen-bond acceptors (Lipinski definition) is 5. The Kier molecular flexibility index (Phi) is 3.90. The number of nitrogens with one attached hydrogen (secondary N) is 1. The van der Waals surface area contributed by atoms with Crippen LogP contribution in [0.5, 0.6) is 5.75 Å². The summed E-state index contributed by atoms with van der Waals surface area (Å²) in [5.74, 6) is 2.48. The first kappa shape index (κ1) is 15.1. The van der Waals surface area contributed by atoms with E-state index in [4.69, 9.17) is 4.74 Å². The van der Waals surface area contributed by atoms with Gasteiger partial charge in [0.1, 0.15) is 5.75 Å². The highest BCUT2D eigenvalue weighted by molar-refractivity contribution is 7.99. The van der Waals surface area contributed by atoms with Crippen LogP contribution in [0, 0.1) is 6.92 Å². The van der Waals surface area contributed by atoms with Crippen molar-refractivity contribution in [3.63, 3.8) is 0 Å². The van der Waals surface area contributed by atoms with Gasteiger partial charge in [-0.05, 0) is 24.6 Å². The lowest BCUT2D eigenvalue weighted by Crippen LogP contribution is -2.28. The van der Waals surface area contributed by atoms with E-state index in [1.165, 1.54) is 11.1 Å². The number of nitrogens with zero attached hydrogens (tertiary/aromatic N) is 3. The van der Waals surface area contributed by atoms with Crippen LogP contribution in [0.1, 0.15) is 17.2 Å². The van der Waals surface area contributed by atoms with E-state index in [1.807, 2.05) is 28.9 Å². The summed E-state index contributed by atoms with van der Waals surface area (Å²) in [6.45, 7) is 2.10. The van der Waals surface area contributed by atoms with Crippen molar-refractivity contribution in [2.45, 2.75) is 18.1 Å². The summed E-state index contributed by atoms with van der Waals surface area (Å²) in [6.07, 6.45) is 0. The summed E-state index contributed by atoms with van der Waals surface area (Å²) in [5.41, 5.74) is 7.00. The van der Waals surface area contributed by atoms with Gasteiger partial charge in [-0.25, -0.2) is 4.68 Å². The molecule has 1 unspecified atom stereocenters. The van der Waals surface area contributed by atoms with E-state index in [0.29, 0.717) is 0 Å². The molecule has 0 spiro atoms. The third kappa shape index (κ3) is 2.63. The molecule has 0 amide bonds. The fourth-order valence-corrected chi connectivity index (χ4v) is 3.75. The summed E-state index contributed by atoms with van der Waals surface area (Å²) in [7, 11) is 1.67. The molecule has 0 aliphatic carbocycles. The first-order valence-corrected chi connectivity index (χ1v) is 8.79. The molecule has 0 saturated carbocycles. The maximum absolute atomic E-state index is 5.47. The zero-order chi connectivity index (χ0) is 16.5. The number of rotatable bonds is 3. The van der Waals surface area contributed by atoms with E-state index in [-0.39, 0.29) is 6.04 Å². The third-order valence-corrected chi connectivity index (χ3v) is 5.15. The first-order valence-electron chi connectivity index (χ1n) is 7.81. The minimum atomic E-state index is 0.215. The summed E-state index contributed by atoms with van der Waals surface area (Å²) >= 11 is 1.71. The molecule has 122 valence electrons. The number of methoxy groups -OCH3 is 1. The van der Waals surface area contributed by atoms with E-state index >= 15 is 0 Å². The number of fused-ring (bicyclic) bond motifs is 1. The summed E-state index contributed by atoms with van der Waals surface area (Å²) in [4.78, 5) is 0. The Morgan fingerprint density at radius 1 is 1.12 bits per heavy atom. The second kappa shape index (κ2) is 6.20. The molecule has 24 heavy (non-hydrogen) atoms. The van der Waals surface area contributed by atoms with Gasteiger partial charge in [0, 0.05) is 5.75 Å². The fraction of sp³-hybridized carbons (Fsp3) is 0.222. The van der Waals surface area contributed by atoms with E-state index in [0.717, 1.165) is 28.0 Å². The Labute approximate surface area is 145 Å². The number of thioether (sulfide) groups is 1. The van der Waals surface area contributed by atoms with Crippen LogP contribution >= 0.6 is 11.8 Å². The maximum Gasteiger partial charge on any atom is 0.210 e. The van der Waals surface area contributed by atoms with Gasteiger partial charge in [-0.1, -0.05) is 53.7 Å². The van der Waals surface area contributed by atoms with E-state index in [1.54, 1.807) is 18.9 Å². The lowest BCUT2D eigenvalue weighted by molar-refractivity contribution is 0.416. The molecule has 1 aromatic heterocycles. The van der Waals surface area contributed by atoms with Crippen LogP contribution in [-0.4, -0.2) is 27.7 Å². The quantitative estimate of drug-likeness (QED) is 0.790. The molecule has 0 fully saturated rings. The van der Waals surface area contributed by atoms with Crippen LogP contribution in [-0.2, 0) is 0 Å². The second-order valence-electron chi connectivity index (χ2n) is 5.75. The van der Waals surface area contributed by atoms with Gasteiger partial charge in [-0.2, -0.15) is 0 Å². The van der Waals surface area contributed by atoms with Gasteiger partial charge >= 0.3 is 0 Å². The summed E-state index contributed by atoms with van der Waals surface area (Å²) in [6, 6.07) is 16.7. The molecule has 4 rings (SSSR count). The number of benzene rings is 2. The number of para-hydroxylation sites is 1. The molecule has 2 heterocycles. The van der Waals surface area contributed by atoms with E-state index in [2.05, 4.69) is 46.8 Å². The van der Waals surface area contributed by atoms with E-state index in [9.17, 15) is 0 Å². The van der Waals surface area contributed by atoms with Crippen molar-refractivity contribution in [1.82, 2.24) is 14.9 Å². The average molecular weight is 338 g/mol. The minimum absolute atomic E-state index is 0.215. The maximum atomic E-state index is 5.47. The van der Waals surface area contributed by atoms with Gasteiger partial charge in [0.05, 0.1) is 18.7 Å². The van der Waals surface area contributed by atoms with Crippen molar-refractivity contribution in [3.8, 4) is 17.1 Å². The second-order valence-corrected chi connectivity index (χ2v) is 6.73. The van der Waals surface area contributed by atoms with Crippen LogP contribution in [0.3, 0.4) is 0 Å². The van der Waals surface area contributed by atoms with Gasteiger partial charge in [0.2, 0.25) is 5.16 Å². The number of ether oxygens (including phenoxy) is 1. The predicted octanol–water partition coefficient (Wildman–Crippen LogP) is 3.65. The topological polar surface area (TPSA) is 52.0 Å². The predicted molar refractivity (Wildman–Crippen MR) is 96.0 cm³/mol. The largest absolute Gasteiger partial charge is 0.496 e. The van der Waals surface area contributed by atoms with Crippen molar-refractivity contribution in [2.24, 2.45) is 0 Å². The molecule has 6 heteroatoms. The highest BCUT2D eigenvalue weighted by atomic mass is 32.2. The Hall–Kier alpha value is -2.47. The summed E-state index contributed by atoms with van der Waals surface area (Å²) in [5, 5.41) is 9.55. The zero-order valence-electron chi connectivity index (χ0n) is 13.6. The Morgan fingerprint density at radius 2 is 1.92 bits per heavy atom. The highest BCUT2D eigenvalue weighted by Gasteiger charge is 2.25. The van der Waals surface area contributed by atoms with Crippen molar-refractivity contribution >= 4 is 11.8 Å². The smallest absolute Gasteiger partial charge is 0.210 e. The van der Waals surface area contributed by atoms with Gasteiger partial charge in [-0.15, -0.1) is 10.2 Å². The fourth-order valence-electron chi connectivity index (χ4n) is 2.80. The van der Waals surface area contributed by atoms with Crippen molar-refractivity contribution < 1.29 is 4.74 Å². The highest BCUT2D eigenvalue weighted by Crippen LogP contribution is 2.35. The lowest BCUT2D eigenvalue weighted by Gasteiger charge is -2.26. The Morgan fingerprint density at radius 3 is 2.71 bits per heavy atom. The standard InChI is InChI=1S/C18H18N4OS/c1-12-7-9-13(10-8-12)15-11-24-18-20-19-17(22(18)21-15)14-5-3-4-6-16(14)23-2/h3-10,15,21H,11H2,1-2H3. The van der Waals surface area contributed by atoms with Crippen LogP contribution in [0.15, 0.2) is 53.7 Å². The van der Waals surface area contributed by atoms with Gasteiger partial charge in [0.15, 0.2) is 5.82 Å². The van der Waals surface area contributed by atoms with Crippen LogP contribution in [0.25, 0.3) is 11.4 Å². The molecule has 3 aromatic rings. The van der Waals surface area contributed by atoms with E-state index < -0.39 is 0 Å². The lowest BCUT2D eigenvalue weighted by atomic mass is 10.1. The number of aryl methyl sites for hydroxylation is 1. The van der Waals surface area contributed by atoms with Crippen molar-refractivity contribution in [1.29, 1.82) is 0 Å². The molecule has 0 radical (unpaired) electrons. The molecule has 1 aliphatic heterocycles. The zero-order valence-corrected chi connectivity index (χ0v) is 14.4. The molecule has 2 aromatic carbocycles. The molecule has 1 aliphatic rings. The normalized spacial score (nSPS) is 16.3. The van der Waals surface area contributed by atoms with Crippen LogP contribution in [0.4, 0.5) is 0 Å². The van der Waals surface area contributed by atoms with Crippen molar-refractivity contribution in [3.05, 3.63) is 59.7 Å². The number of aromatic nitrogens is 3. The minimum Gasteiger partial charge on any atom is -0.496 e. The molecular weight excluding hydrogens is 320 g/mol. The molecule has 0 saturated heterocycles. The van der Waals surface area contributed by atoms with Gasteiger partial charge < -0.3 is 10.2 Å². The van der Waals surface area contributed by atoms with Gasteiger partial charge in [-0.3, -0.25) is 0 Å². The number of hydrogen-bond donors (Lipinski definition) is 1. The first-order chi connectivity index (χ1) is 11.8. The van der Waals surface area contributed by atoms with Crippen molar-refractivity contribution in [2.75, 3.05) is 18.3 Å². The Balaban J connectivity index is 1.71. The van der Waals surface area contributed by atoms with Crippen LogP contribution in [0.2, 0.25) is 0 Å². The molecule has 1 N–H and O–H groups in total. The summed E-state index contributed by atoms with van der Waals surface area (Å²) < 4.78 is 7.44. The van der Waals surface area contributed by atoms with Crippen LogP contribution < -0.4 is 10.2 Å². The average Bonchev–Trinajstić information content (AvgIpc) is 3.05. The SMILES string of the molecule is COc1ccccc1-c1nnc2n1NC(c1ccc(C)cc1)CS2.